The summed E-state index contributed by atoms with van der Waals surface area (Å²) in [5.74, 6) is 0. The van der Waals surface area contributed by atoms with Crippen LogP contribution in [-0.4, -0.2) is 6.21 Å². The van der Waals surface area contributed by atoms with Gasteiger partial charge in [-0.2, -0.15) is 0 Å². The SMILES string of the molecule is N=Cc1ccc(CN)cc1NPI. The number of nitrogens with two attached hydrogens (primary N) is 1. The fourth-order valence-electron chi connectivity index (χ4n) is 1.02. The number of nitrogens with one attached hydrogen (secondary N) is 2. The molecule has 0 amide bonds. The Labute approximate surface area is 92.3 Å². The van der Waals surface area contributed by atoms with E-state index in [-0.39, 0.29) is 0 Å². The molecule has 4 N–H and O–H groups in total. The van der Waals surface area contributed by atoms with Gasteiger partial charge in [0.1, 0.15) is 0 Å². The van der Waals surface area contributed by atoms with E-state index in [0.29, 0.717) is 12.9 Å². The molecule has 1 unspecified atom stereocenters. The first kappa shape index (κ1) is 10.9. The van der Waals surface area contributed by atoms with Gasteiger partial charge < -0.3 is 16.2 Å². The first-order valence-electron chi connectivity index (χ1n) is 3.77. The van der Waals surface area contributed by atoms with Crippen molar-refractivity contribution >= 4 is 40.3 Å². The van der Waals surface area contributed by atoms with Gasteiger partial charge in [0.2, 0.25) is 0 Å². The van der Waals surface area contributed by atoms with Crippen LogP contribution in [0.15, 0.2) is 18.2 Å². The molecule has 1 atom stereocenters. The topological polar surface area (TPSA) is 61.9 Å². The Bertz CT molecular complexity index is 303. The molecular weight excluding hydrogens is 296 g/mol. The summed E-state index contributed by atoms with van der Waals surface area (Å²) in [6.07, 6.45) is 1.95. The molecule has 13 heavy (non-hydrogen) atoms. The predicted octanol–water partition coefficient (Wildman–Crippen LogP) is 2.50. The zero-order chi connectivity index (χ0) is 9.68. The van der Waals surface area contributed by atoms with Crippen molar-refractivity contribution in [3.8, 4) is 0 Å². The number of hydrogen-bond acceptors (Lipinski definition) is 3. The van der Waals surface area contributed by atoms with Gasteiger partial charge in [0.25, 0.3) is 0 Å². The second-order valence-corrected chi connectivity index (χ2v) is 4.55. The van der Waals surface area contributed by atoms with Gasteiger partial charge in [-0.05, 0) is 33.7 Å². The maximum Gasteiger partial charge on any atom is 0.0468 e. The zero-order valence-corrected chi connectivity index (χ0v) is 10.1. The minimum Gasteiger partial charge on any atom is -0.358 e. The fourth-order valence-corrected chi connectivity index (χ4v) is 2.21. The van der Waals surface area contributed by atoms with E-state index in [0.717, 1.165) is 16.8 Å². The Kier molecular flexibility index (Phi) is 4.62. The van der Waals surface area contributed by atoms with Crippen LogP contribution in [0, 0.1) is 5.41 Å². The summed E-state index contributed by atoms with van der Waals surface area (Å²) in [7, 11) is 0. The Morgan fingerprint density at radius 2 is 2.38 bits per heavy atom. The van der Waals surface area contributed by atoms with Crippen LogP contribution in [0.5, 0.6) is 0 Å². The third-order valence-electron chi connectivity index (χ3n) is 1.69. The van der Waals surface area contributed by atoms with Crippen LogP contribution in [0.1, 0.15) is 11.1 Å². The molecule has 0 aromatic heterocycles. The van der Waals surface area contributed by atoms with Crippen molar-refractivity contribution in [1.29, 1.82) is 5.41 Å². The van der Waals surface area contributed by atoms with Crippen LogP contribution in [0.3, 0.4) is 0 Å². The van der Waals surface area contributed by atoms with Gasteiger partial charge in [-0.25, -0.2) is 0 Å². The number of hydrogen-bond donors (Lipinski definition) is 3. The van der Waals surface area contributed by atoms with Gasteiger partial charge in [-0.15, -0.1) is 0 Å². The van der Waals surface area contributed by atoms with Crippen molar-refractivity contribution in [2.75, 3.05) is 5.09 Å². The molecule has 0 fully saturated rings. The van der Waals surface area contributed by atoms with E-state index < -0.39 is 0 Å². The molecule has 0 aliphatic carbocycles. The summed E-state index contributed by atoms with van der Waals surface area (Å²) in [6, 6.07) is 5.85. The average Bonchev–Trinajstić information content (AvgIpc) is 2.18. The lowest BCUT2D eigenvalue weighted by Crippen LogP contribution is -1.98. The van der Waals surface area contributed by atoms with Gasteiger partial charge in [-0.1, -0.05) is 12.1 Å². The smallest absolute Gasteiger partial charge is 0.0468 e. The molecule has 1 aromatic carbocycles. The van der Waals surface area contributed by atoms with Crippen molar-refractivity contribution in [3.05, 3.63) is 29.3 Å². The standard InChI is InChI=1S/C8H11IN3P/c9-13-12-8-3-6(4-10)1-2-7(8)5-11/h1-3,5,11-13H,4,10H2. The molecule has 0 saturated carbocycles. The predicted molar refractivity (Wildman–Crippen MR) is 68.2 cm³/mol. The number of rotatable bonds is 4. The van der Waals surface area contributed by atoms with E-state index in [4.69, 9.17) is 11.1 Å². The monoisotopic (exact) mass is 307 g/mol. The molecule has 1 rings (SSSR count). The summed E-state index contributed by atoms with van der Waals surface area (Å²) in [6.45, 7) is 0.539. The molecular formula is C8H11IN3P. The van der Waals surface area contributed by atoms with Gasteiger partial charge in [-0.3, -0.25) is 0 Å². The summed E-state index contributed by atoms with van der Waals surface area (Å²) >= 11 is 2.26. The number of halogens is 1. The molecule has 0 aliphatic heterocycles. The van der Waals surface area contributed by atoms with Crippen molar-refractivity contribution < 1.29 is 0 Å². The van der Waals surface area contributed by atoms with Crippen LogP contribution >= 0.6 is 28.4 Å². The normalized spacial score (nSPS) is 10.6. The largest absolute Gasteiger partial charge is 0.358 e. The molecule has 5 heteroatoms. The third-order valence-corrected chi connectivity index (χ3v) is 2.86. The molecule has 0 radical (unpaired) electrons. The van der Waals surface area contributed by atoms with Gasteiger partial charge in [0, 0.05) is 30.4 Å². The lowest BCUT2D eigenvalue weighted by atomic mass is 10.1. The molecule has 0 bridgehead atoms. The number of benzene rings is 1. The molecule has 0 spiro atoms. The van der Waals surface area contributed by atoms with E-state index in [9.17, 15) is 0 Å². The Balaban J connectivity index is 3.02. The highest BCUT2D eigenvalue weighted by molar-refractivity contribution is 14.2. The Hall–Kier alpha value is -0.190. The minimum atomic E-state index is 0.539. The summed E-state index contributed by atoms with van der Waals surface area (Å²) in [5.41, 5.74) is 8.50. The highest BCUT2D eigenvalue weighted by atomic mass is 127. The molecule has 0 aliphatic rings. The van der Waals surface area contributed by atoms with Crippen molar-refractivity contribution in [2.45, 2.75) is 6.54 Å². The first-order valence-corrected chi connectivity index (χ1v) is 7.88. The molecule has 1 aromatic rings. The zero-order valence-electron chi connectivity index (χ0n) is 6.97. The van der Waals surface area contributed by atoms with Crippen molar-refractivity contribution in [3.63, 3.8) is 0 Å². The van der Waals surface area contributed by atoms with Crippen LogP contribution in [0.4, 0.5) is 5.69 Å². The summed E-state index contributed by atoms with van der Waals surface area (Å²) < 4.78 is 0. The average molecular weight is 307 g/mol. The fraction of sp³-hybridized carbons (Fsp3) is 0.125. The second-order valence-electron chi connectivity index (χ2n) is 2.49. The summed E-state index contributed by atoms with van der Waals surface area (Å²) in [4.78, 5) is 0. The van der Waals surface area contributed by atoms with Gasteiger partial charge in [0.05, 0.1) is 0 Å². The maximum absolute atomic E-state index is 7.19. The van der Waals surface area contributed by atoms with Crippen molar-refractivity contribution in [1.82, 2.24) is 0 Å². The first-order chi connectivity index (χ1) is 6.31. The molecule has 3 nitrogen and oxygen atoms in total. The Morgan fingerprint density at radius 3 is 2.92 bits per heavy atom. The summed E-state index contributed by atoms with van der Waals surface area (Å²) in [5, 5.41) is 10.4. The van der Waals surface area contributed by atoms with Crippen LogP contribution in [0.2, 0.25) is 0 Å². The quantitative estimate of drug-likeness (QED) is 0.455. The van der Waals surface area contributed by atoms with Crippen LogP contribution < -0.4 is 10.8 Å². The van der Waals surface area contributed by atoms with Crippen molar-refractivity contribution in [2.24, 2.45) is 5.73 Å². The highest BCUT2D eigenvalue weighted by Crippen LogP contribution is 2.26. The van der Waals surface area contributed by atoms with E-state index in [1.165, 1.54) is 6.21 Å². The van der Waals surface area contributed by atoms with Gasteiger partial charge >= 0.3 is 0 Å². The minimum absolute atomic E-state index is 0.539. The molecule has 70 valence electrons. The lowest BCUT2D eigenvalue weighted by Gasteiger charge is -2.07. The van der Waals surface area contributed by atoms with E-state index >= 15 is 0 Å². The lowest BCUT2D eigenvalue weighted by molar-refractivity contribution is 1.07. The van der Waals surface area contributed by atoms with E-state index in [2.05, 4.69) is 27.1 Å². The second kappa shape index (κ2) is 5.52. The van der Waals surface area contributed by atoms with E-state index in [1.807, 2.05) is 18.2 Å². The van der Waals surface area contributed by atoms with Crippen LogP contribution in [-0.2, 0) is 6.54 Å². The molecule has 0 heterocycles. The number of anilines is 1. The third kappa shape index (κ3) is 2.90. The van der Waals surface area contributed by atoms with E-state index in [1.54, 1.807) is 0 Å². The van der Waals surface area contributed by atoms with Gasteiger partial charge in [0.15, 0.2) is 0 Å². The maximum atomic E-state index is 7.19. The van der Waals surface area contributed by atoms with Crippen LogP contribution in [0.25, 0.3) is 0 Å². The Morgan fingerprint density at radius 1 is 1.62 bits per heavy atom. The highest BCUT2D eigenvalue weighted by Gasteiger charge is 1.99. The molecule has 0 saturated heterocycles.